The van der Waals surface area contributed by atoms with E-state index >= 15 is 0 Å². The van der Waals surface area contributed by atoms with E-state index in [1.165, 1.54) is 0 Å². The average Bonchev–Trinajstić information content (AvgIpc) is 2.89. The van der Waals surface area contributed by atoms with Crippen molar-refractivity contribution in [1.82, 2.24) is 10.3 Å². The van der Waals surface area contributed by atoms with Gasteiger partial charge in [0, 0.05) is 18.5 Å². The number of nitrogens with zero attached hydrogens (tertiary/aromatic N) is 1. The Morgan fingerprint density at radius 1 is 1.22 bits per heavy atom. The van der Waals surface area contributed by atoms with Crippen LogP contribution in [0.25, 0.3) is 0 Å². The van der Waals surface area contributed by atoms with E-state index in [1.54, 1.807) is 20.0 Å². The topological polar surface area (TPSA) is 77.5 Å². The number of rotatable bonds is 4. The van der Waals surface area contributed by atoms with Gasteiger partial charge in [-0.2, -0.15) is 0 Å². The zero-order valence-corrected chi connectivity index (χ0v) is 15.2. The molecule has 2 aliphatic heterocycles. The van der Waals surface area contributed by atoms with Gasteiger partial charge in [0.15, 0.2) is 0 Å². The van der Waals surface area contributed by atoms with Crippen LogP contribution < -0.4 is 10.1 Å². The number of carbonyl (C=O) groups excluding carboxylic acids is 2. The van der Waals surface area contributed by atoms with E-state index in [-0.39, 0.29) is 24.2 Å². The van der Waals surface area contributed by atoms with Crippen LogP contribution in [0.15, 0.2) is 59.9 Å². The van der Waals surface area contributed by atoms with Gasteiger partial charge < -0.3 is 14.8 Å². The smallest absolute Gasteiger partial charge is 0.337 e. The van der Waals surface area contributed by atoms with Gasteiger partial charge >= 0.3 is 5.97 Å². The second-order valence-corrected chi connectivity index (χ2v) is 7.18. The summed E-state index contributed by atoms with van der Waals surface area (Å²) in [7, 11) is 0. The first-order chi connectivity index (χ1) is 12.9. The molecule has 0 spiro atoms. The SMILES string of the molecule is CC1(C)OC(=O)C2=C1NC(=O)C[C@@H]2c1cccc(OCc2ccccn2)c1. The van der Waals surface area contributed by atoms with E-state index in [0.29, 0.717) is 23.6 Å². The van der Waals surface area contributed by atoms with Crippen LogP contribution in [0.5, 0.6) is 5.75 Å². The molecule has 1 atom stereocenters. The van der Waals surface area contributed by atoms with Gasteiger partial charge in [-0.15, -0.1) is 0 Å². The summed E-state index contributed by atoms with van der Waals surface area (Å²) in [4.78, 5) is 28.9. The molecule has 1 amide bonds. The third-order valence-electron chi connectivity index (χ3n) is 4.81. The molecule has 0 saturated carbocycles. The highest BCUT2D eigenvalue weighted by molar-refractivity contribution is 5.99. The second-order valence-electron chi connectivity index (χ2n) is 7.18. The lowest BCUT2D eigenvalue weighted by Gasteiger charge is -2.27. The summed E-state index contributed by atoms with van der Waals surface area (Å²) in [5.41, 5.74) is 1.94. The monoisotopic (exact) mass is 364 g/mol. The van der Waals surface area contributed by atoms with Gasteiger partial charge in [0.1, 0.15) is 18.0 Å². The van der Waals surface area contributed by atoms with Crippen molar-refractivity contribution in [3.05, 3.63) is 71.2 Å². The number of nitrogens with one attached hydrogen (secondary N) is 1. The van der Waals surface area contributed by atoms with E-state index < -0.39 is 5.60 Å². The Morgan fingerprint density at radius 2 is 2.07 bits per heavy atom. The highest BCUT2D eigenvalue weighted by atomic mass is 16.6. The number of ether oxygens (including phenoxy) is 2. The molecule has 0 aliphatic carbocycles. The largest absolute Gasteiger partial charge is 0.487 e. The van der Waals surface area contributed by atoms with Crippen molar-refractivity contribution in [3.8, 4) is 5.75 Å². The number of hydrogen-bond acceptors (Lipinski definition) is 5. The number of aromatic nitrogens is 1. The van der Waals surface area contributed by atoms with E-state index in [0.717, 1.165) is 11.3 Å². The van der Waals surface area contributed by atoms with Gasteiger partial charge in [-0.25, -0.2) is 4.79 Å². The first-order valence-electron chi connectivity index (χ1n) is 8.84. The highest BCUT2D eigenvalue weighted by Crippen LogP contribution is 2.43. The Kier molecular flexibility index (Phi) is 4.18. The summed E-state index contributed by atoms with van der Waals surface area (Å²) in [6.07, 6.45) is 1.92. The fourth-order valence-corrected chi connectivity index (χ4v) is 3.52. The molecule has 1 aromatic heterocycles. The third kappa shape index (κ3) is 3.30. The van der Waals surface area contributed by atoms with Crippen LogP contribution in [0.4, 0.5) is 0 Å². The molecule has 3 heterocycles. The lowest BCUT2D eigenvalue weighted by Crippen LogP contribution is -2.38. The summed E-state index contributed by atoms with van der Waals surface area (Å²) in [5, 5.41) is 2.82. The Morgan fingerprint density at radius 3 is 2.85 bits per heavy atom. The summed E-state index contributed by atoms with van der Waals surface area (Å²) < 4.78 is 11.3. The quantitative estimate of drug-likeness (QED) is 0.844. The Hall–Kier alpha value is -3.15. The Labute approximate surface area is 157 Å². The molecule has 2 aliphatic rings. The molecule has 0 fully saturated rings. The van der Waals surface area contributed by atoms with E-state index in [1.807, 2.05) is 42.5 Å². The molecule has 6 heteroatoms. The zero-order valence-electron chi connectivity index (χ0n) is 15.2. The van der Waals surface area contributed by atoms with Crippen molar-refractivity contribution in [2.75, 3.05) is 0 Å². The molecule has 1 N–H and O–H groups in total. The zero-order chi connectivity index (χ0) is 19.0. The molecular formula is C21H20N2O4. The molecule has 4 rings (SSSR count). The minimum absolute atomic E-state index is 0.120. The van der Waals surface area contributed by atoms with Crippen LogP contribution in [-0.2, 0) is 20.9 Å². The van der Waals surface area contributed by atoms with Crippen molar-refractivity contribution < 1.29 is 19.1 Å². The number of esters is 1. The van der Waals surface area contributed by atoms with E-state index in [4.69, 9.17) is 9.47 Å². The summed E-state index contributed by atoms with van der Waals surface area (Å²) >= 11 is 0. The molecule has 2 aromatic rings. The maximum absolute atomic E-state index is 12.4. The molecule has 0 bridgehead atoms. The standard InChI is InChI=1S/C21H20N2O4/c1-21(2)19-18(20(25)27-21)16(11-17(24)23-19)13-6-5-8-15(10-13)26-12-14-7-3-4-9-22-14/h3-10,16H,11-12H2,1-2H3,(H,23,24)/t16-/m1/s1. The van der Waals surface area contributed by atoms with Crippen molar-refractivity contribution >= 4 is 11.9 Å². The van der Waals surface area contributed by atoms with Gasteiger partial charge in [-0.3, -0.25) is 9.78 Å². The van der Waals surface area contributed by atoms with Gasteiger partial charge in [0.25, 0.3) is 0 Å². The van der Waals surface area contributed by atoms with E-state index in [9.17, 15) is 9.59 Å². The normalized spacial score (nSPS) is 20.7. The van der Waals surface area contributed by atoms with Crippen LogP contribution in [0, 0.1) is 0 Å². The van der Waals surface area contributed by atoms with Gasteiger partial charge in [-0.1, -0.05) is 18.2 Å². The second kappa shape index (κ2) is 6.54. The van der Waals surface area contributed by atoms with Crippen molar-refractivity contribution in [1.29, 1.82) is 0 Å². The Balaban J connectivity index is 1.62. The number of amides is 1. The molecule has 27 heavy (non-hydrogen) atoms. The van der Waals surface area contributed by atoms with Crippen LogP contribution in [0.3, 0.4) is 0 Å². The number of cyclic esters (lactones) is 1. The summed E-state index contributed by atoms with van der Waals surface area (Å²) in [5.74, 6) is -0.178. The minimum Gasteiger partial charge on any atom is -0.487 e. The number of carbonyl (C=O) groups is 2. The minimum atomic E-state index is -0.826. The molecule has 0 saturated heterocycles. The molecule has 138 valence electrons. The van der Waals surface area contributed by atoms with Crippen LogP contribution in [0.2, 0.25) is 0 Å². The summed E-state index contributed by atoms with van der Waals surface area (Å²) in [6, 6.07) is 13.1. The van der Waals surface area contributed by atoms with Gasteiger partial charge in [0.2, 0.25) is 5.91 Å². The first kappa shape index (κ1) is 17.3. The predicted octanol–water partition coefficient (Wildman–Crippen LogP) is 2.85. The van der Waals surface area contributed by atoms with Crippen LogP contribution in [0.1, 0.15) is 37.4 Å². The highest BCUT2D eigenvalue weighted by Gasteiger charge is 2.47. The van der Waals surface area contributed by atoms with Crippen molar-refractivity contribution in [2.45, 2.75) is 38.4 Å². The third-order valence-corrected chi connectivity index (χ3v) is 4.81. The number of benzene rings is 1. The fraction of sp³-hybridized carbons (Fsp3) is 0.286. The lowest BCUT2D eigenvalue weighted by molar-refractivity contribution is -0.144. The molecular weight excluding hydrogens is 344 g/mol. The van der Waals surface area contributed by atoms with Crippen LogP contribution >= 0.6 is 0 Å². The van der Waals surface area contributed by atoms with Gasteiger partial charge in [-0.05, 0) is 43.7 Å². The summed E-state index contributed by atoms with van der Waals surface area (Å²) in [6.45, 7) is 3.91. The molecule has 0 radical (unpaired) electrons. The van der Waals surface area contributed by atoms with E-state index in [2.05, 4.69) is 10.3 Å². The molecule has 6 nitrogen and oxygen atoms in total. The number of pyridine rings is 1. The number of hydrogen-bond donors (Lipinski definition) is 1. The van der Waals surface area contributed by atoms with Crippen molar-refractivity contribution in [2.24, 2.45) is 0 Å². The maximum Gasteiger partial charge on any atom is 0.337 e. The maximum atomic E-state index is 12.4. The van der Waals surface area contributed by atoms with Crippen LogP contribution in [-0.4, -0.2) is 22.5 Å². The first-order valence-corrected chi connectivity index (χ1v) is 8.84. The Bertz CT molecular complexity index is 934. The van der Waals surface area contributed by atoms with Crippen molar-refractivity contribution in [3.63, 3.8) is 0 Å². The lowest BCUT2D eigenvalue weighted by atomic mass is 9.83. The average molecular weight is 364 g/mol. The predicted molar refractivity (Wildman–Crippen MR) is 97.7 cm³/mol. The van der Waals surface area contributed by atoms with Gasteiger partial charge in [0.05, 0.1) is 17.0 Å². The molecule has 1 aromatic carbocycles. The molecule has 0 unspecified atom stereocenters. The fourth-order valence-electron chi connectivity index (χ4n) is 3.52.